The fourth-order valence-electron chi connectivity index (χ4n) is 2.64. The molecule has 1 unspecified atom stereocenters. The molecule has 0 aromatic carbocycles. The third-order valence-electron chi connectivity index (χ3n) is 3.96. The molecule has 2 heterocycles. The van der Waals surface area contributed by atoms with E-state index in [2.05, 4.69) is 9.98 Å². The second-order valence-electron chi connectivity index (χ2n) is 5.14. The van der Waals surface area contributed by atoms with Crippen molar-refractivity contribution in [3.63, 3.8) is 0 Å². The minimum absolute atomic E-state index is 0.508. The summed E-state index contributed by atoms with van der Waals surface area (Å²) in [5.74, 6) is 2.18. The number of ether oxygens (including phenoxy) is 1. The van der Waals surface area contributed by atoms with Crippen LogP contribution >= 0.6 is 11.6 Å². The molecule has 1 atom stereocenters. The molecule has 2 aliphatic rings. The molecular weight excluding hydrogens is 248 g/mol. The lowest BCUT2D eigenvalue weighted by molar-refractivity contribution is 0.222. The van der Waals surface area contributed by atoms with Gasteiger partial charge < -0.3 is 4.74 Å². The standard InChI is InChI=1S/C14H17ClN2O/c15-13-5-2-6-16-14(13)18-9-12-7-11(8-17-12)10-3-1-4-10/h2,5-6,10-11H,1,3-4,7-9H2. The van der Waals surface area contributed by atoms with Crippen molar-refractivity contribution in [1.29, 1.82) is 0 Å². The molecule has 1 aromatic heterocycles. The van der Waals surface area contributed by atoms with Crippen LogP contribution in [0.4, 0.5) is 0 Å². The van der Waals surface area contributed by atoms with Crippen LogP contribution in [0.25, 0.3) is 0 Å². The zero-order valence-corrected chi connectivity index (χ0v) is 11.1. The number of nitrogens with zero attached hydrogens (tertiary/aromatic N) is 2. The van der Waals surface area contributed by atoms with Gasteiger partial charge in [0.25, 0.3) is 0 Å². The highest BCUT2D eigenvalue weighted by molar-refractivity contribution is 6.31. The van der Waals surface area contributed by atoms with Crippen LogP contribution in [0, 0.1) is 11.8 Å². The zero-order valence-electron chi connectivity index (χ0n) is 10.3. The van der Waals surface area contributed by atoms with Crippen LogP contribution in [0.2, 0.25) is 5.02 Å². The van der Waals surface area contributed by atoms with E-state index in [-0.39, 0.29) is 0 Å². The van der Waals surface area contributed by atoms with E-state index < -0.39 is 0 Å². The van der Waals surface area contributed by atoms with E-state index in [9.17, 15) is 0 Å². The van der Waals surface area contributed by atoms with E-state index in [0.29, 0.717) is 17.5 Å². The molecule has 4 heteroatoms. The van der Waals surface area contributed by atoms with E-state index in [1.54, 1.807) is 18.3 Å². The Balaban J connectivity index is 1.51. The molecule has 1 aliphatic heterocycles. The monoisotopic (exact) mass is 264 g/mol. The van der Waals surface area contributed by atoms with Gasteiger partial charge in [-0.3, -0.25) is 4.99 Å². The number of rotatable bonds is 4. The molecule has 1 aromatic rings. The summed E-state index contributed by atoms with van der Waals surface area (Å²) < 4.78 is 5.63. The lowest BCUT2D eigenvalue weighted by atomic mass is 9.75. The van der Waals surface area contributed by atoms with E-state index in [0.717, 1.165) is 30.5 Å². The molecule has 0 amide bonds. The Hall–Kier alpha value is -1.09. The van der Waals surface area contributed by atoms with Crippen LogP contribution in [0.5, 0.6) is 5.88 Å². The van der Waals surface area contributed by atoms with Gasteiger partial charge >= 0.3 is 0 Å². The minimum atomic E-state index is 0.508. The van der Waals surface area contributed by atoms with E-state index in [4.69, 9.17) is 16.3 Å². The Labute approximate surface area is 112 Å². The molecule has 0 N–H and O–H groups in total. The average molecular weight is 265 g/mol. The Bertz CT molecular complexity index is 457. The molecule has 18 heavy (non-hydrogen) atoms. The summed E-state index contributed by atoms with van der Waals surface area (Å²) in [6.45, 7) is 1.51. The van der Waals surface area contributed by atoms with Crippen molar-refractivity contribution in [1.82, 2.24) is 4.98 Å². The quantitative estimate of drug-likeness (QED) is 0.836. The van der Waals surface area contributed by atoms with E-state index in [1.807, 2.05) is 0 Å². The molecule has 0 saturated heterocycles. The highest BCUT2D eigenvalue weighted by Crippen LogP contribution is 2.37. The van der Waals surface area contributed by atoms with Gasteiger partial charge in [-0.05, 0) is 30.4 Å². The Morgan fingerprint density at radius 3 is 2.94 bits per heavy atom. The molecule has 96 valence electrons. The van der Waals surface area contributed by atoms with Crippen molar-refractivity contribution in [2.75, 3.05) is 13.2 Å². The third-order valence-corrected chi connectivity index (χ3v) is 4.25. The van der Waals surface area contributed by atoms with Crippen LogP contribution in [-0.2, 0) is 0 Å². The SMILES string of the molecule is Clc1cccnc1OCC1=NCC(C2CCC2)C1. The van der Waals surface area contributed by atoms with Gasteiger partial charge in [0, 0.05) is 12.7 Å². The van der Waals surface area contributed by atoms with E-state index in [1.165, 1.54) is 19.3 Å². The summed E-state index contributed by atoms with van der Waals surface area (Å²) in [5, 5.41) is 0.562. The zero-order chi connectivity index (χ0) is 12.4. The summed E-state index contributed by atoms with van der Waals surface area (Å²) in [7, 11) is 0. The summed E-state index contributed by atoms with van der Waals surface area (Å²) in [6, 6.07) is 3.59. The predicted octanol–water partition coefficient (Wildman–Crippen LogP) is 3.37. The van der Waals surface area contributed by atoms with Gasteiger partial charge in [0.2, 0.25) is 5.88 Å². The smallest absolute Gasteiger partial charge is 0.232 e. The summed E-state index contributed by atoms with van der Waals surface area (Å²) in [4.78, 5) is 8.70. The molecule has 0 spiro atoms. The molecule has 1 aliphatic carbocycles. The van der Waals surface area contributed by atoms with Gasteiger partial charge in [-0.1, -0.05) is 30.9 Å². The highest BCUT2D eigenvalue weighted by atomic mass is 35.5. The molecule has 3 rings (SSSR count). The maximum Gasteiger partial charge on any atom is 0.232 e. The van der Waals surface area contributed by atoms with Gasteiger partial charge in [-0.15, -0.1) is 0 Å². The molecule has 1 saturated carbocycles. The summed E-state index contributed by atoms with van der Waals surface area (Å²) >= 11 is 5.99. The molecule has 0 bridgehead atoms. The van der Waals surface area contributed by atoms with Crippen LogP contribution in [0.15, 0.2) is 23.3 Å². The van der Waals surface area contributed by atoms with Crippen molar-refractivity contribution in [3.05, 3.63) is 23.4 Å². The van der Waals surface area contributed by atoms with Crippen molar-refractivity contribution < 1.29 is 4.74 Å². The van der Waals surface area contributed by atoms with Gasteiger partial charge in [-0.25, -0.2) is 4.98 Å². The Morgan fingerprint density at radius 2 is 2.22 bits per heavy atom. The number of pyridine rings is 1. The van der Waals surface area contributed by atoms with Crippen LogP contribution in [-0.4, -0.2) is 23.8 Å². The number of aromatic nitrogens is 1. The number of hydrogen-bond donors (Lipinski definition) is 0. The maximum absolute atomic E-state index is 5.99. The van der Waals surface area contributed by atoms with Gasteiger partial charge in [0.05, 0.1) is 5.71 Å². The predicted molar refractivity (Wildman–Crippen MR) is 72.5 cm³/mol. The minimum Gasteiger partial charge on any atom is -0.470 e. The van der Waals surface area contributed by atoms with Gasteiger partial charge in [-0.2, -0.15) is 0 Å². The second kappa shape index (κ2) is 5.27. The van der Waals surface area contributed by atoms with Crippen LogP contribution in [0.1, 0.15) is 25.7 Å². The molecule has 1 fully saturated rings. The molecule has 0 radical (unpaired) electrons. The first-order valence-electron chi connectivity index (χ1n) is 6.58. The first kappa shape index (κ1) is 12.0. The lowest BCUT2D eigenvalue weighted by Crippen LogP contribution is -2.23. The second-order valence-corrected chi connectivity index (χ2v) is 5.55. The van der Waals surface area contributed by atoms with Crippen molar-refractivity contribution in [3.8, 4) is 5.88 Å². The van der Waals surface area contributed by atoms with Crippen molar-refractivity contribution >= 4 is 17.3 Å². The largest absolute Gasteiger partial charge is 0.470 e. The lowest BCUT2D eigenvalue weighted by Gasteiger charge is -2.30. The van der Waals surface area contributed by atoms with Crippen LogP contribution < -0.4 is 4.74 Å². The fraction of sp³-hybridized carbons (Fsp3) is 0.571. The highest BCUT2D eigenvalue weighted by Gasteiger charge is 2.31. The maximum atomic E-state index is 5.99. The first-order valence-corrected chi connectivity index (χ1v) is 6.96. The average Bonchev–Trinajstić information content (AvgIpc) is 2.74. The third kappa shape index (κ3) is 2.51. The number of aliphatic imine (C=N–C) groups is 1. The Morgan fingerprint density at radius 1 is 1.33 bits per heavy atom. The van der Waals surface area contributed by atoms with Gasteiger partial charge in [0.1, 0.15) is 11.6 Å². The Kier molecular flexibility index (Phi) is 3.50. The first-order chi connectivity index (χ1) is 8.83. The van der Waals surface area contributed by atoms with Crippen LogP contribution in [0.3, 0.4) is 0 Å². The summed E-state index contributed by atoms with van der Waals surface area (Å²) in [5.41, 5.74) is 1.16. The van der Waals surface area contributed by atoms with Gasteiger partial charge in [0.15, 0.2) is 0 Å². The molecular formula is C14H17ClN2O. The van der Waals surface area contributed by atoms with E-state index >= 15 is 0 Å². The molecule has 3 nitrogen and oxygen atoms in total. The number of halogens is 1. The normalized spacial score (nSPS) is 23.6. The topological polar surface area (TPSA) is 34.5 Å². The number of hydrogen-bond acceptors (Lipinski definition) is 3. The van der Waals surface area contributed by atoms with Crippen molar-refractivity contribution in [2.45, 2.75) is 25.7 Å². The van der Waals surface area contributed by atoms with Crippen molar-refractivity contribution in [2.24, 2.45) is 16.8 Å². The fourth-order valence-corrected chi connectivity index (χ4v) is 2.81. The summed E-state index contributed by atoms with van der Waals surface area (Å²) in [6.07, 6.45) is 6.96.